The lowest BCUT2D eigenvalue weighted by Crippen LogP contribution is -2.08. The Morgan fingerprint density at radius 1 is 1.11 bits per heavy atom. The predicted molar refractivity (Wildman–Crippen MR) is 59.5 cm³/mol. The fourth-order valence-corrected chi connectivity index (χ4v) is 1.95. The molecule has 0 saturated carbocycles. The summed E-state index contributed by atoms with van der Waals surface area (Å²) >= 11 is 0.662. The molecule has 0 spiro atoms. The van der Waals surface area contributed by atoms with Crippen molar-refractivity contribution in [3.8, 4) is 0 Å². The van der Waals surface area contributed by atoms with Gasteiger partial charge < -0.3 is 0 Å². The second-order valence-corrected chi connectivity index (χ2v) is 4.41. The van der Waals surface area contributed by atoms with Crippen molar-refractivity contribution in [2.75, 3.05) is 0 Å². The Hall–Kier alpha value is -1.76. The monoisotopic (exact) mass is 272 g/mol. The number of benzene rings is 1. The highest BCUT2D eigenvalue weighted by atomic mass is 32.2. The normalized spacial score (nSPS) is 18.3. The fourth-order valence-electron chi connectivity index (χ4n) is 1.31. The van der Waals surface area contributed by atoms with Crippen molar-refractivity contribution in [3.63, 3.8) is 0 Å². The number of imide groups is 1. The average Bonchev–Trinajstić information content (AvgIpc) is 2.57. The van der Waals surface area contributed by atoms with Gasteiger partial charge in [0, 0.05) is 0 Å². The van der Waals surface area contributed by atoms with E-state index in [1.807, 2.05) is 0 Å². The standard InChI is InChI=1S/C11H5F3NO2S/c12-11(13,14)7-3-1-6(2-4-7)5-8-9(16)15-10(17)18-8/h1-5H. The summed E-state index contributed by atoms with van der Waals surface area (Å²) in [6.45, 7) is 0. The largest absolute Gasteiger partial charge is 0.416 e. The van der Waals surface area contributed by atoms with E-state index >= 15 is 0 Å². The van der Waals surface area contributed by atoms with E-state index in [4.69, 9.17) is 0 Å². The van der Waals surface area contributed by atoms with Gasteiger partial charge in [0.05, 0.1) is 10.5 Å². The summed E-state index contributed by atoms with van der Waals surface area (Å²) in [6, 6.07) is 4.28. The number of alkyl halides is 3. The zero-order valence-electron chi connectivity index (χ0n) is 8.69. The Morgan fingerprint density at radius 3 is 2.17 bits per heavy atom. The van der Waals surface area contributed by atoms with E-state index in [0.29, 0.717) is 17.3 Å². The number of rotatable bonds is 1. The third-order valence-corrected chi connectivity index (χ3v) is 2.91. The highest BCUT2D eigenvalue weighted by Crippen LogP contribution is 2.30. The SMILES string of the molecule is O=C1[N]C(=O)C(=Cc2ccc(C(F)(F)F)cc2)S1. The van der Waals surface area contributed by atoms with E-state index in [1.165, 1.54) is 18.2 Å². The first kappa shape index (κ1) is 12.7. The predicted octanol–water partition coefficient (Wildman–Crippen LogP) is 3.04. The van der Waals surface area contributed by atoms with Crippen LogP contribution in [0.15, 0.2) is 29.2 Å². The van der Waals surface area contributed by atoms with Crippen molar-refractivity contribution in [2.24, 2.45) is 0 Å². The Morgan fingerprint density at radius 2 is 1.72 bits per heavy atom. The summed E-state index contributed by atoms with van der Waals surface area (Å²) in [5.74, 6) is -0.662. The molecule has 0 atom stereocenters. The highest BCUT2D eigenvalue weighted by molar-refractivity contribution is 8.18. The summed E-state index contributed by atoms with van der Waals surface area (Å²) in [4.78, 5) is 22.1. The first-order chi connectivity index (χ1) is 8.36. The van der Waals surface area contributed by atoms with Gasteiger partial charge in [0.15, 0.2) is 0 Å². The summed E-state index contributed by atoms with van der Waals surface area (Å²) in [5, 5.41) is 2.55. The lowest BCUT2D eigenvalue weighted by molar-refractivity contribution is -0.137. The molecule has 93 valence electrons. The summed E-state index contributed by atoms with van der Waals surface area (Å²) in [7, 11) is 0. The van der Waals surface area contributed by atoms with Gasteiger partial charge in [-0.2, -0.15) is 18.5 Å². The number of hydrogen-bond acceptors (Lipinski definition) is 3. The van der Waals surface area contributed by atoms with Crippen LogP contribution in [0.25, 0.3) is 6.08 Å². The maximum atomic E-state index is 12.3. The minimum absolute atomic E-state index is 0.111. The molecule has 3 nitrogen and oxygen atoms in total. The van der Waals surface area contributed by atoms with Crippen LogP contribution < -0.4 is 5.32 Å². The van der Waals surface area contributed by atoms with Crippen LogP contribution in [0.4, 0.5) is 18.0 Å². The average molecular weight is 272 g/mol. The summed E-state index contributed by atoms with van der Waals surface area (Å²) in [5.41, 5.74) is -0.362. The maximum absolute atomic E-state index is 12.3. The van der Waals surface area contributed by atoms with Gasteiger partial charge >= 0.3 is 11.4 Å². The van der Waals surface area contributed by atoms with Crippen LogP contribution in [0.1, 0.15) is 11.1 Å². The molecule has 1 radical (unpaired) electrons. The van der Waals surface area contributed by atoms with E-state index in [2.05, 4.69) is 5.32 Å². The molecule has 1 heterocycles. The number of carbonyl (C=O) groups excluding carboxylic acids is 2. The molecular weight excluding hydrogens is 267 g/mol. The number of carbonyl (C=O) groups is 2. The Bertz CT molecular complexity index is 534. The summed E-state index contributed by atoms with van der Waals surface area (Å²) in [6.07, 6.45) is -3.06. The van der Waals surface area contributed by atoms with Crippen LogP contribution >= 0.6 is 11.8 Å². The number of nitrogens with zero attached hydrogens (tertiary/aromatic N) is 1. The molecule has 7 heteroatoms. The van der Waals surface area contributed by atoms with Gasteiger partial charge in [0.25, 0.3) is 5.91 Å². The topological polar surface area (TPSA) is 48.2 Å². The van der Waals surface area contributed by atoms with Gasteiger partial charge in [-0.3, -0.25) is 9.59 Å². The maximum Gasteiger partial charge on any atom is 0.416 e. The van der Waals surface area contributed by atoms with Crippen molar-refractivity contribution in [3.05, 3.63) is 40.3 Å². The molecule has 0 N–H and O–H groups in total. The third-order valence-electron chi connectivity index (χ3n) is 2.14. The van der Waals surface area contributed by atoms with Gasteiger partial charge in [-0.15, -0.1) is 0 Å². The quantitative estimate of drug-likeness (QED) is 0.738. The number of thioether (sulfide) groups is 1. The molecule has 0 aromatic heterocycles. The van der Waals surface area contributed by atoms with Crippen molar-refractivity contribution in [1.82, 2.24) is 5.32 Å². The van der Waals surface area contributed by atoms with Gasteiger partial charge in [0.2, 0.25) is 0 Å². The number of amides is 2. The van der Waals surface area contributed by atoms with Crippen LogP contribution in [0.5, 0.6) is 0 Å². The van der Waals surface area contributed by atoms with Crippen molar-refractivity contribution in [1.29, 1.82) is 0 Å². The van der Waals surface area contributed by atoms with E-state index in [9.17, 15) is 22.8 Å². The van der Waals surface area contributed by atoms with Crippen LogP contribution in [0.2, 0.25) is 0 Å². The molecule has 1 aliphatic heterocycles. The number of halogens is 3. The number of hydrogen-bond donors (Lipinski definition) is 0. The molecule has 1 saturated heterocycles. The molecule has 1 fully saturated rings. The van der Waals surface area contributed by atoms with Crippen LogP contribution in [0, 0.1) is 0 Å². The highest BCUT2D eigenvalue weighted by Gasteiger charge is 2.30. The second-order valence-electron chi connectivity index (χ2n) is 3.41. The molecule has 1 aromatic carbocycles. The zero-order valence-corrected chi connectivity index (χ0v) is 9.51. The van der Waals surface area contributed by atoms with E-state index in [-0.39, 0.29) is 4.91 Å². The van der Waals surface area contributed by atoms with Crippen LogP contribution in [-0.2, 0) is 11.0 Å². The smallest absolute Gasteiger partial charge is 0.266 e. The minimum Gasteiger partial charge on any atom is -0.266 e. The van der Waals surface area contributed by atoms with Crippen molar-refractivity contribution >= 4 is 29.0 Å². The zero-order chi connectivity index (χ0) is 13.3. The van der Waals surface area contributed by atoms with E-state index < -0.39 is 22.9 Å². The molecule has 0 aliphatic carbocycles. The first-order valence-electron chi connectivity index (χ1n) is 4.73. The minimum atomic E-state index is -4.39. The lowest BCUT2D eigenvalue weighted by Gasteiger charge is -2.05. The molecule has 2 rings (SSSR count). The van der Waals surface area contributed by atoms with E-state index in [0.717, 1.165) is 12.1 Å². The van der Waals surface area contributed by atoms with E-state index in [1.54, 1.807) is 0 Å². The van der Waals surface area contributed by atoms with Crippen molar-refractivity contribution < 1.29 is 22.8 Å². The lowest BCUT2D eigenvalue weighted by atomic mass is 10.1. The molecule has 0 unspecified atom stereocenters. The molecule has 18 heavy (non-hydrogen) atoms. The molecule has 1 aliphatic rings. The molecule has 0 bridgehead atoms. The van der Waals surface area contributed by atoms with Crippen LogP contribution in [-0.4, -0.2) is 11.1 Å². The Labute approximate surface area is 104 Å². The van der Waals surface area contributed by atoms with Gasteiger partial charge in [-0.05, 0) is 35.5 Å². The third kappa shape index (κ3) is 2.73. The summed E-state index contributed by atoms with van der Waals surface area (Å²) < 4.78 is 36.9. The second kappa shape index (κ2) is 4.49. The Kier molecular flexibility index (Phi) is 3.16. The van der Waals surface area contributed by atoms with Gasteiger partial charge in [0.1, 0.15) is 0 Å². The first-order valence-corrected chi connectivity index (χ1v) is 5.55. The Balaban J connectivity index is 2.24. The molecule has 1 aromatic rings. The van der Waals surface area contributed by atoms with Crippen LogP contribution in [0.3, 0.4) is 0 Å². The molecular formula is C11H5F3NO2S. The van der Waals surface area contributed by atoms with Gasteiger partial charge in [-0.25, -0.2) is 0 Å². The van der Waals surface area contributed by atoms with Gasteiger partial charge in [-0.1, -0.05) is 12.1 Å². The van der Waals surface area contributed by atoms with Crippen molar-refractivity contribution in [2.45, 2.75) is 6.18 Å². The fraction of sp³-hybridized carbons (Fsp3) is 0.0909. The molecule has 2 amide bonds.